The van der Waals surface area contributed by atoms with Gasteiger partial charge in [-0.15, -0.1) is 0 Å². The first kappa shape index (κ1) is 26.6. The van der Waals surface area contributed by atoms with E-state index in [0.717, 1.165) is 29.5 Å². The van der Waals surface area contributed by atoms with Crippen molar-refractivity contribution in [2.45, 2.75) is 66.1 Å². The third-order valence-corrected chi connectivity index (χ3v) is 7.03. The summed E-state index contributed by atoms with van der Waals surface area (Å²) in [5.74, 6) is 1.21. The highest BCUT2D eigenvalue weighted by Gasteiger charge is 2.25. The number of benzene rings is 2. The SMILES string of the molecule is Cc1ccc(-c2nc(N3CCC(NC(=O)C(C)C)CC3)cc(=O)n2-c2ccc(C(C)(C)F)cc2)c(C)c1. The zero-order valence-electron chi connectivity index (χ0n) is 22.6. The van der Waals surface area contributed by atoms with Gasteiger partial charge >= 0.3 is 0 Å². The van der Waals surface area contributed by atoms with Crippen LogP contribution in [0.1, 0.15) is 57.2 Å². The van der Waals surface area contributed by atoms with Crippen molar-refractivity contribution in [3.05, 3.63) is 75.6 Å². The van der Waals surface area contributed by atoms with Crippen molar-refractivity contribution in [3.8, 4) is 17.1 Å². The van der Waals surface area contributed by atoms with Crippen molar-refractivity contribution in [2.75, 3.05) is 18.0 Å². The first-order valence-corrected chi connectivity index (χ1v) is 13.0. The summed E-state index contributed by atoms with van der Waals surface area (Å²) in [4.78, 5) is 32.8. The number of hydrogen-bond acceptors (Lipinski definition) is 4. The number of carbonyl (C=O) groups excluding carboxylic acids is 1. The van der Waals surface area contributed by atoms with E-state index < -0.39 is 5.67 Å². The van der Waals surface area contributed by atoms with Gasteiger partial charge in [-0.2, -0.15) is 0 Å². The Balaban J connectivity index is 1.72. The number of rotatable bonds is 6. The molecule has 37 heavy (non-hydrogen) atoms. The van der Waals surface area contributed by atoms with E-state index in [9.17, 15) is 14.0 Å². The minimum Gasteiger partial charge on any atom is -0.356 e. The minimum absolute atomic E-state index is 0.0439. The van der Waals surface area contributed by atoms with Crippen LogP contribution in [0.2, 0.25) is 0 Å². The average molecular weight is 505 g/mol. The second-order valence-electron chi connectivity index (χ2n) is 10.9. The number of nitrogens with zero attached hydrogens (tertiary/aromatic N) is 3. The first-order chi connectivity index (χ1) is 17.4. The molecular weight excluding hydrogens is 467 g/mol. The largest absolute Gasteiger partial charge is 0.356 e. The Bertz CT molecular complexity index is 1330. The van der Waals surface area contributed by atoms with Crippen molar-refractivity contribution >= 4 is 11.7 Å². The Morgan fingerprint density at radius 1 is 1.05 bits per heavy atom. The van der Waals surface area contributed by atoms with Gasteiger partial charge in [-0.25, -0.2) is 9.37 Å². The number of hydrogen-bond donors (Lipinski definition) is 1. The molecule has 4 rings (SSSR count). The van der Waals surface area contributed by atoms with Gasteiger partial charge in [0.25, 0.3) is 5.56 Å². The van der Waals surface area contributed by atoms with Crippen LogP contribution in [0, 0.1) is 19.8 Å². The van der Waals surface area contributed by atoms with Gasteiger partial charge in [-0.3, -0.25) is 14.2 Å². The molecule has 196 valence electrons. The number of piperidine rings is 1. The zero-order chi connectivity index (χ0) is 26.9. The lowest BCUT2D eigenvalue weighted by molar-refractivity contribution is -0.124. The van der Waals surface area contributed by atoms with Crippen LogP contribution >= 0.6 is 0 Å². The number of anilines is 1. The van der Waals surface area contributed by atoms with Crippen molar-refractivity contribution in [3.63, 3.8) is 0 Å². The smallest absolute Gasteiger partial charge is 0.260 e. The molecule has 1 saturated heterocycles. The molecule has 2 aromatic carbocycles. The molecule has 0 spiro atoms. The van der Waals surface area contributed by atoms with E-state index >= 15 is 0 Å². The average Bonchev–Trinajstić information content (AvgIpc) is 2.83. The van der Waals surface area contributed by atoms with Crippen LogP contribution in [-0.2, 0) is 10.5 Å². The van der Waals surface area contributed by atoms with E-state index in [0.29, 0.717) is 36.0 Å². The number of nitrogens with one attached hydrogen (secondary N) is 1. The summed E-state index contributed by atoms with van der Waals surface area (Å²) in [5, 5.41) is 3.12. The van der Waals surface area contributed by atoms with Crippen molar-refractivity contribution in [2.24, 2.45) is 5.92 Å². The molecule has 0 atom stereocenters. The highest BCUT2D eigenvalue weighted by atomic mass is 19.1. The first-order valence-electron chi connectivity index (χ1n) is 13.0. The van der Waals surface area contributed by atoms with Gasteiger partial charge in [0.15, 0.2) is 0 Å². The molecule has 1 fully saturated rings. The van der Waals surface area contributed by atoms with E-state index in [1.165, 1.54) is 13.8 Å². The third kappa shape index (κ3) is 5.92. The molecule has 0 unspecified atom stereocenters. The standard InChI is InChI=1S/C30H37FN4O2/c1-19(2)29(37)32-23-13-15-34(16-14-23)26-18-27(36)35(24-10-8-22(9-11-24)30(5,6)31)28(33-26)25-12-7-20(3)17-21(25)4/h7-12,17-19,23H,13-16H2,1-6H3,(H,32,37). The number of aromatic nitrogens is 2. The molecule has 1 aliphatic heterocycles. The number of aryl methyl sites for hydroxylation is 2. The summed E-state index contributed by atoms with van der Waals surface area (Å²) in [7, 11) is 0. The molecule has 0 aliphatic carbocycles. The lowest BCUT2D eigenvalue weighted by atomic mass is 10.00. The van der Waals surface area contributed by atoms with Gasteiger partial charge in [0.05, 0.1) is 5.69 Å². The number of carbonyl (C=O) groups is 1. The van der Waals surface area contributed by atoms with Crippen LogP contribution in [0.3, 0.4) is 0 Å². The predicted octanol–water partition coefficient (Wildman–Crippen LogP) is 5.46. The summed E-state index contributed by atoms with van der Waals surface area (Å²) >= 11 is 0. The lowest BCUT2D eigenvalue weighted by Crippen LogP contribution is -2.46. The predicted molar refractivity (Wildman–Crippen MR) is 147 cm³/mol. The Morgan fingerprint density at radius 2 is 1.70 bits per heavy atom. The molecule has 0 radical (unpaired) electrons. The topological polar surface area (TPSA) is 67.2 Å². The third-order valence-electron chi connectivity index (χ3n) is 7.03. The number of alkyl halides is 1. The monoisotopic (exact) mass is 504 g/mol. The molecule has 1 amide bonds. The van der Waals surface area contributed by atoms with Crippen LogP contribution in [0.15, 0.2) is 53.3 Å². The Morgan fingerprint density at radius 3 is 2.27 bits per heavy atom. The summed E-state index contributed by atoms with van der Waals surface area (Å²) in [5.41, 5.74) is 2.56. The van der Waals surface area contributed by atoms with Crippen LogP contribution in [0.25, 0.3) is 17.1 Å². The molecule has 2 heterocycles. The van der Waals surface area contributed by atoms with Gasteiger partial charge in [-0.05, 0) is 63.8 Å². The van der Waals surface area contributed by atoms with Gasteiger partial charge < -0.3 is 10.2 Å². The van der Waals surface area contributed by atoms with Crippen molar-refractivity contribution < 1.29 is 9.18 Å². The summed E-state index contributed by atoms with van der Waals surface area (Å²) in [6.45, 7) is 12.3. The van der Waals surface area contributed by atoms with Crippen LogP contribution in [-0.4, -0.2) is 34.6 Å². The fourth-order valence-electron chi connectivity index (χ4n) is 4.75. The van der Waals surface area contributed by atoms with E-state index in [-0.39, 0.29) is 23.4 Å². The second kappa shape index (κ2) is 10.5. The molecule has 1 aromatic heterocycles. The molecular formula is C30H37FN4O2. The minimum atomic E-state index is -1.47. The Hall–Kier alpha value is -3.48. The quantitative estimate of drug-likeness (QED) is 0.484. The second-order valence-corrected chi connectivity index (χ2v) is 10.9. The molecule has 6 nitrogen and oxygen atoms in total. The Kier molecular flexibility index (Phi) is 7.53. The van der Waals surface area contributed by atoms with Gasteiger partial charge in [0.2, 0.25) is 5.91 Å². The summed E-state index contributed by atoms with van der Waals surface area (Å²) in [6.07, 6.45) is 1.59. The summed E-state index contributed by atoms with van der Waals surface area (Å²) in [6, 6.07) is 14.8. The zero-order valence-corrected chi connectivity index (χ0v) is 22.6. The van der Waals surface area contributed by atoms with E-state index in [4.69, 9.17) is 4.98 Å². The van der Waals surface area contributed by atoms with Crippen LogP contribution < -0.4 is 15.8 Å². The normalized spacial score (nSPS) is 14.8. The maximum atomic E-state index is 14.5. The van der Waals surface area contributed by atoms with Crippen molar-refractivity contribution in [1.29, 1.82) is 0 Å². The summed E-state index contributed by atoms with van der Waals surface area (Å²) < 4.78 is 16.1. The molecule has 1 aliphatic rings. The van der Waals surface area contributed by atoms with Gasteiger partial charge in [0.1, 0.15) is 17.3 Å². The lowest BCUT2D eigenvalue weighted by Gasteiger charge is -2.33. The molecule has 7 heteroatoms. The maximum Gasteiger partial charge on any atom is 0.260 e. The van der Waals surface area contributed by atoms with Crippen LogP contribution in [0.4, 0.5) is 10.2 Å². The van der Waals surface area contributed by atoms with E-state index in [2.05, 4.69) is 16.3 Å². The van der Waals surface area contributed by atoms with E-state index in [1.807, 2.05) is 39.8 Å². The molecule has 3 aromatic rings. The number of halogens is 1. The fourth-order valence-corrected chi connectivity index (χ4v) is 4.75. The molecule has 1 N–H and O–H groups in total. The molecule has 0 saturated carbocycles. The Labute approximate surface area is 218 Å². The number of amides is 1. The molecule has 0 bridgehead atoms. The highest BCUT2D eigenvalue weighted by Crippen LogP contribution is 2.29. The fraction of sp³-hybridized carbons (Fsp3) is 0.433. The van der Waals surface area contributed by atoms with Gasteiger partial charge in [0, 0.05) is 36.7 Å². The highest BCUT2D eigenvalue weighted by molar-refractivity contribution is 5.78. The van der Waals surface area contributed by atoms with E-state index in [1.54, 1.807) is 34.9 Å². The maximum absolute atomic E-state index is 14.5. The van der Waals surface area contributed by atoms with Crippen LogP contribution in [0.5, 0.6) is 0 Å². The van der Waals surface area contributed by atoms with Crippen molar-refractivity contribution in [1.82, 2.24) is 14.9 Å². The van der Waals surface area contributed by atoms with Gasteiger partial charge in [-0.1, -0.05) is 49.7 Å².